The zero-order valence-corrected chi connectivity index (χ0v) is 14.2. The van der Waals surface area contributed by atoms with Gasteiger partial charge < -0.3 is 20.7 Å². The quantitative estimate of drug-likeness (QED) is 0.634. The molecule has 1 atom stereocenters. The van der Waals surface area contributed by atoms with E-state index in [-0.39, 0.29) is 22.3 Å². The molecule has 136 valence electrons. The Hall–Kier alpha value is -2.00. The number of rotatable bonds is 0. The molecule has 6 nitrogen and oxygen atoms in total. The van der Waals surface area contributed by atoms with E-state index in [9.17, 15) is 13.2 Å². The van der Waals surface area contributed by atoms with E-state index in [1.165, 1.54) is 6.08 Å². The Bertz CT molecular complexity index is 717. The number of allylic oxidation sites excluding steroid dienone is 1. The molecule has 0 radical (unpaired) electrons. The maximum absolute atomic E-state index is 13.5. The molecule has 1 saturated heterocycles. The van der Waals surface area contributed by atoms with Crippen molar-refractivity contribution in [3.8, 4) is 0 Å². The molecule has 0 aromatic heterocycles. The minimum atomic E-state index is -4.56. The van der Waals surface area contributed by atoms with Crippen molar-refractivity contribution in [1.29, 1.82) is 0 Å². The first-order valence-electron chi connectivity index (χ1n) is 7.68. The lowest BCUT2D eigenvalue weighted by Crippen LogP contribution is -2.48. The van der Waals surface area contributed by atoms with Gasteiger partial charge in [0.05, 0.1) is 24.8 Å². The number of halogens is 4. The first kappa shape index (κ1) is 17.8. The average molecular weight is 376 g/mol. The number of aliphatic imine (C=N–C) groups is 2. The summed E-state index contributed by atoms with van der Waals surface area (Å²) < 4.78 is 45.7. The summed E-state index contributed by atoms with van der Waals surface area (Å²) in [4.78, 5) is 10.1. The van der Waals surface area contributed by atoms with Crippen LogP contribution in [0, 0.1) is 0 Å². The molecular weight excluding hydrogens is 359 g/mol. The molecule has 0 aromatic rings. The van der Waals surface area contributed by atoms with Crippen molar-refractivity contribution in [3.05, 3.63) is 34.2 Å². The molecule has 3 N–H and O–H groups in total. The molecule has 0 amide bonds. The molecule has 1 unspecified atom stereocenters. The van der Waals surface area contributed by atoms with Gasteiger partial charge in [0, 0.05) is 24.4 Å². The van der Waals surface area contributed by atoms with Gasteiger partial charge in [-0.05, 0) is 19.1 Å². The largest absolute Gasteiger partial charge is 0.416 e. The number of nitrogens with one attached hydrogen (secondary N) is 1. The summed E-state index contributed by atoms with van der Waals surface area (Å²) in [7, 11) is 0. The minimum absolute atomic E-state index is 0.0134. The van der Waals surface area contributed by atoms with Gasteiger partial charge in [0.15, 0.2) is 0 Å². The summed E-state index contributed by atoms with van der Waals surface area (Å²) in [6.45, 7) is 3.72. The van der Waals surface area contributed by atoms with Crippen LogP contribution in [0.15, 0.2) is 44.1 Å². The molecule has 3 aliphatic rings. The van der Waals surface area contributed by atoms with Crippen molar-refractivity contribution in [1.82, 2.24) is 10.2 Å². The Labute approximate surface area is 147 Å². The molecule has 0 saturated carbocycles. The summed E-state index contributed by atoms with van der Waals surface area (Å²) >= 11 is 6.06. The molecule has 3 aliphatic heterocycles. The van der Waals surface area contributed by atoms with E-state index in [2.05, 4.69) is 15.3 Å². The molecule has 1 fully saturated rings. The summed E-state index contributed by atoms with van der Waals surface area (Å²) in [5.41, 5.74) is 4.89. The van der Waals surface area contributed by atoms with Gasteiger partial charge in [-0.1, -0.05) is 11.6 Å². The highest BCUT2D eigenvalue weighted by Crippen LogP contribution is 2.37. The molecule has 3 rings (SSSR count). The normalized spacial score (nSPS) is 27.9. The molecule has 3 heterocycles. The van der Waals surface area contributed by atoms with E-state index in [1.54, 1.807) is 6.92 Å². The first-order valence-corrected chi connectivity index (χ1v) is 8.06. The molecule has 0 aromatic carbocycles. The van der Waals surface area contributed by atoms with E-state index in [0.29, 0.717) is 32.3 Å². The van der Waals surface area contributed by atoms with Crippen LogP contribution in [0.3, 0.4) is 0 Å². The number of nitrogens with two attached hydrogens (primary N) is 1. The van der Waals surface area contributed by atoms with Crippen LogP contribution >= 0.6 is 11.6 Å². The minimum Gasteiger partial charge on any atom is -0.384 e. The summed E-state index contributed by atoms with van der Waals surface area (Å²) in [6.07, 6.45) is -2.35. The highest BCUT2D eigenvalue weighted by molar-refractivity contribution is 6.30. The second-order valence-corrected chi connectivity index (χ2v) is 6.13. The van der Waals surface area contributed by atoms with Crippen LogP contribution in [0.1, 0.15) is 6.92 Å². The fraction of sp³-hybridized carbons (Fsp3) is 0.467. The maximum atomic E-state index is 13.5. The topological polar surface area (TPSA) is 75.2 Å². The SMILES string of the molecule is CC1N=C(N)C=C(C(F)(F)F)C1=C1C=C(Cl)N=C(N2CCOCC2)N1. The van der Waals surface area contributed by atoms with Crippen molar-refractivity contribution < 1.29 is 17.9 Å². The predicted molar refractivity (Wildman–Crippen MR) is 89.1 cm³/mol. The maximum Gasteiger partial charge on any atom is 0.416 e. The van der Waals surface area contributed by atoms with Crippen LogP contribution in [0.5, 0.6) is 0 Å². The van der Waals surface area contributed by atoms with E-state index in [4.69, 9.17) is 22.1 Å². The lowest BCUT2D eigenvalue weighted by atomic mass is 9.93. The molecular formula is C15H17ClF3N5O. The predicted octanol–water partition coefficient (Wildman–Crippen LogP) is 1.86. The van der Waals surface area contributed by atoms with Gasteiger partial charge in [0.25, 0.3) is 0 Å². The van der Waals surface area contributed by atoms with Crippen molar-refractivity contribution in [2.75, 3.05) is 26.3 Å². The van der Waals surface area contributed by atoms with Crippen molar-refractivity contribution in [2.45, 2.75) is 19.1 Å². The van der Waals surface area contributed by atoms with E-state index in [0.717, 1.165) is 6.08 Å². The fourth-order valence-corrected chi connectivity index (χ4v) is 3.08. The number of nitrogens with zero attached hydrogens (tertiary/aromatic N) is 3. The Balaban J connectivity index is 2.01. The standard InChI is InChI=1S/C15H17ClF3N5O/c1-8-13(9(15(17,18)19)6-12(20)21-8)10-7-11(16)23-14(22-10)24-2-4-25-5-3-24/h6-8H,2-5H2,1H3,(H2,20,21)(H,22,23). The Kier molecular flexibility index (Phi) is 4.79. The Morgan fingerprint density at radius 2 is 2.00 bits per heavy atom. The van der Waals surface area contributed by atoms with Gasteiger partial charge in [-0.15, -0.1) is 0 Å². The third kappa shape index (κ3) is 3.82. The summed E-state index contributed by atoms with van der Waals surface area (Å²) in [6, 6.07) is -0.770. The number of guanidine groups is 1. The number of amidine groups is 1. The van der Waals surface area contributed by atoms with Crippen LogP contribution in [-0.2, 0) is 4.74 Å². The zero-order valence-electron chi connectivity index (χ0n) is 13.4. The van der Waals surface area contributed by atoms with Crippen LogP contribution in [-0.4, -0.2) is 55.2 Å². The highest BCUT2D eigenvalue weighted by Gasteiger charge is 2.41. The Morgan fingerprint density at radius 1 is 1.32 bits per heavy atom. The number of morpholine rings is 1. The van der Waals surface area contributed by atoms with Gasteiger partial charge in [0.2, 0.25) is 5.96 Å². The number of alkyl halides is 3. The second kappa shape index (κ2) is 6.72. The second-order valence-electron chi connectivity index (χ2n) is 5.74. The van der Waals surface area contributed by atoms with Crippen molar-refractivity contribution in [2.24, 2.45) is 15.7 Å². The number of ether oxygens (including phenoxy) is 1. The van der Waals surface area contributed by atoms with Gasteiger partial charge in [-0.3, -0.25) is 4.99 Å². The third-order valence-electron chi connectivity index (χ3n) is 3.97. The monoisotopic (exact) mass is 375 g/mol. The lowest BCUT2D eigenvalue weighted by molar-refractivity contribution is -0.0898. The third-order valence-corrected chi connectivity index (χ3v) is 4.17. The first-order chi connectivity index (χ1) is 11.8. The number of hydrogen-bond donors (Lipinski definition) is 2. The smallest absolute Gasteiger partial charge is 0.384 e. The lowest BCUT2D eigenvalue weighted by Gasteiger charge is -2.33. The molecule has 25 heavy (non-hydrogen) atoms. The summed E-state index contributed by atoms with van der Waals surface area (Å²) in [5, 5.41) is 3.06. The molecule has 0 spiro atoms. The van der Waals surface area contributed by atoms with Gasteiger partial charge in [0.1, 0.15) is 11.0 Å². The van der Waals surface area contributed by atoms with Crippen LogP contribution < -0.4 is 11.1 Å². The fourth-order valence-electron chi connectivity index (χ4n) is 2.89. The van der Waals surface area contributed by atoms with Gasteiger partial charge in [-0.2, -0.15) is 13.2 Å². The van der Waals surface area contributed by atoms with Crippen LogP contribution in [0.4, 0.5) is 13.2 Å². The van der Waals surface area contributed by atoms with Gasteiger partial charge in [-0.25, -0.2) is 4.99 Å². The molecule has 0 bridgehead atoms. The molecule has 10 heteroatoms. The summed E-state index contributed by atoms with van der Waals surface area (Å²) in [5.74, 6) is 0.242. The van der Waals surface area contributed by atoms with E-state index < -0.39 is 17.8 Å². The number of hydrogen-bond acceptors (Lipinski definition) is 6. The van der Waals surface area contributed by atoms with Gasteiger partial charge >= 0.3 is 6.18 Å². The highest BCUT2D eigenvalue weighted by atomic mass is 35.5. The Morgan fingerprint density at radius 3 is 2.64 bits per heavy atom. The molecule has 0 aliphatic carbocycles. The van der Waals surface area contributed by atoms with Crippen molar-refractivity contribution >= 4 is 23.4 Å². The average Bonchev–Trinajstić information content (AvgIpc) is 2.53. The van der Waals surface area contributed by atoms with E-state index in [1.807, 2.05) is 4.90 Å². The van der Waals surface area contributed by atoms with E-state index >= 15 is 0 Å². The van der Waals surface area contributed by atoms with Crippen molar-refractivity contribution in [3.63, 3.8) is 0 Å². The zero-order chi connectivity index (χ0) is 18.2. The number of dihydropyridines is 1. The van der Waals surface area contributed by atoms with Crippen LogP contribution in [0.2, 0.25) is 0 Å². The van der Waals surface area contributed by atoms with Crippen LogP contribution in [0.25, 0.3) is 0 Å².